The van der Waals surface area contributed by atoms with Crippen LogP contribution in [0.3, 0.4) is 0 Å². The molecule has 0 fully saturated rings. The fourth-order valence-electron chi connectivity index (χ4n) is 2.80. The zero-order chi connectivity index (χ0) is 19.4. The lowest BCUT2D eigenvalue weighted by Crippen LogP contribution is -2.38. The van der Waals surface area contributed by atoms with Crippen LogP contribution < -0.4 is 10.1 Å². The van der Waals surface area contributed by atoms with Gasteiger partial charge in [-0.25, -0.2) is 4.98 Å². The first kappa shape index (κ1) is 19.1. The Morgan fingerprint density at radius 1 is 1.30 bits per heavy atom. The summed E-state index contributed by atoms with van der Waals surface area (Å²) in [5.74, 6) is 0.358. The van der Waals surface area contributed by atoms with Crippen LogP contribution >= 0.6 is 11.3 Å². The number of benzene rings is 1. The first-order chi connectivity index (χ1) is 13.0. The van der Waals surface area contributed by atoms with Crippen LogP contribution in [0.2, 0.25) is 0 Å². The van der Waals surface area contributed by atoms with Crippen LogP contribution in [-0.2, 0) is 20.9 Å². The molecule has 1 N–H and O–H groups in total. The number of aromatic nitrogens is 1. The van der Waals surface area contributed by atoms with Gasteiger partial charge in [0.25, 0.3) is 11.8 Å². The second kappa shape index (κ2) is 8.32. The summed E-state index contributed by atoms with van der Waals surface area (Å²) in [5.41, 5.74) is 2.41. The third-order valence-corrected chi connectivity index (χ3v) is 5.08. The highest BCUT2D eigenvalue weighted by atomic mass is 32.1. The van der Waals surface area contributed by atoms with E-state index in [1.165, 1.54) is 11.3 Å². The van der Waals surface area contributed by atoms with E-state index in [2.05, 4.69) is 10.3 Å². The summed E-state index contributed by atoms with van der Waals surface area (Å²) in [6.07, 6.45) is 1.05. The Labute approximate surface area is 161 Å². The van der Waals surface area contributed by atoms with Gasteiger partial charge in [0.15, 0.2) is 11.4 Å². The molecule has 3 rings (SSSR count). The van der Waals surface area contributed by atoms with Gasteiger partial charge >= 0.3 is 0 Å². The van der Waals surface area contributed by atoms with E-state index in [1.807, 2.05) is 31.2 Å². The van der Waals surface area contributed by atoms with Crippen LogP contribution in [0, 0.1) is 0 Å². The third kappa shape index (κ3) is 4.35. The first-order valence-electron chi connectivity index (χ1n) is 8.42. The Hall–Kier alpha value is -2.71. The minimum absolute atomic E-state index is 0.0892. The van der Waals surface area contributed by atoms with Crippen molar-refractivity contribution in [2.75, 3.05) is 19.0 Å². The largest absolute Gasteiger partial charge is 0.497 e. The summed E-state index contributed by atoms with van der Waals surface area (Å²) in [5, 5.41) is 4.97. The van der Waals surface area contributed by atoms with E-state index in [0.717, 1.165) is 16.9 Å². The molecule has 2 amide bonds. The number of thiazole rings is 1. The Bertz CT molecular complexity index is 846. The molecular formula is C19H21N3O4S. The predicted octanol–water partition coefficient (Wildman–Crippen LogP) is 2.81. The molecule has 0 saturated carbocycles. The Morgan fingerprint density at radius 3 is 2.67 bits per heavy atom. The zero-order valence-electron chi connectivity index (χ0n) is 15.4. The van der Waals surface area contributed by atoms with Gasteiger partial charge in [0.05, 0.1) is 7.11 Å². The highest BCUT2D eigenvalue weighted by Gasteiger charge is 2.35. The summed E-state index contributed by atoms with van der Waals surface area (Å²) < 4.78 is 10.9. The number of ether oxygens (including phenoxy) is 2. The SMILES string of the molecule is COc1ccc(CN2C(=O)C(C)=C(C)C2OCC(=O)Nc2nccs2)cc1. The quantitative estimate of drug-likeness (QED) is 0.790. The summed E-state index contributed by atoms with van der Waals surface area (Å²) in [7, 11) is 1.61. The zero-order valence-corrected chi connectivity index (χ0v) is 16.2. The number of hydrogen-bond donors (Lipinski definition) is 1. The fraction of sp³-hybridized carbons (Fsp3) is 0.316. The second-order valence-corrected chi connectivity index (χ2v) is 7.03. The molecule has 8 heteroatoms. The van der Waals surface area contributed by atoms with Crippen molar-refractivity contribution in [2.24, 2.45) is 0 Å². The Kier molecular flexibility index (Phi) is 5.88. The molecule has 1 aromatic heterocycles. The van der Waals surface area contributed by atoms with Gasteiger partial charge in [0.1, 0.15) is 12.4 Å². The van der Waals surface area contributed by atoms with Crippen LogP contribution in [0.4, 0.5) is 5.13 Å². The maximum Gasteiger partial charge on any atom is 0.252 e. The van der Waals surface area contributed by atoms with Gasteiger partial charge in [-0.3, -0.25) is 14.9 Å². The van der Waals surface area contributed by atoms with Gasteiger partial charge in [0, 0.05) is 23.7 Å². The molecular weight excluding hydrogens is 366 g/mol. The molecule has 1 aromatic carbocycles. The van der Waals surface area contributed by atoms with Gasteiger partial charge in [0.2, 0.25) is 0 Å². The number of methoxy groups -OCH3 is 1. The lowest BCUT2D eigenvalue weighted by molar-refractivity contribution is -0.140. The monoisotopic (exact) mass is 387 g/mol. The minimum Gasteiger partial charge on any atom is -0.497 e. The van der Waals surface area contributed by atoms with E-state index < -0.39 is 6.23 Å². The molecule has 7 nitrogen and oxygen atoms in total. The third-order valence-electron chi connectivity index (χ3n) is 4.39. The summed E-state index contributed by atoms with van der Waals surface area (Å²) in [4.78, 5) is 30.3. The van der Waals surface area contributed by atoms with Crippen molar-refractivity contribution in [3.8, 4) is 5.75 Å². The van der Waals surface area contributed by atoms with Crippen LogP contribution in [0.1, 0.15) is 19.4 Å². The average Bonchev–Trinajstić information content (AvgIpc) is 3.25. The lowest BCUT2D eigenvalue weighted by Gasteiger charge is -2.26. The second-order valence-electron chi connectivity index (χ2n) is 6.14. The molecule has 1 aliphatic heterocycles. The highest BCUT2D eigenvalue weighted by Crippen LogP contribution is 2.28. The normalized spacial score (nSPS) is 16.8. The molecule has 0 saturated heterocycles. The van der Waals surface area contributed by atoms with Crippen molar-refractivity contribution < 1.29 is 19.1 Å². The molecule has 2 aromatic rings. The average molecular weight is 387 g/mol. The van der Waals surface area contributed by atoms with Crippen LogP contribution in [-0.4, -0.2) is 41.6 Å². The molecule has 27 heavy (non-hydrogen) atoms. The van der Waals surface area contributed by atoms with Crippen LogP contribution in [0.25, 0.3) is 0 Å². The van der Waals surface area contributed by atoms with Gasteiger partial charge in [-0.05, 0) is 37.1 Å². The smallest absolute Gasteiger partial charge is 0.252 e. The Morgan fingerprint density at radius 2 is 2.04 bits per heavy atom. The molecule has 2 heterocycles. The number of anilines is 1. The molecule has 1 aliphatic rings. The highest BCUT2D eigenvalue weighted by molar-refractivity contribution is 7.13. The predicted molar refractivity (Wildman–Crippen MR) is 102 cm³/mol. The van der Waals surface area contributed by atoms with Crippen molar-refractivity contribution in [3.05, 3.63) is 52.6 Å². The number of nitrogens with one attached hydrogen (secondary N) is 1. The van der Waals surface area contributed by atoms with Crippen molar-refractivity contribution >= 4 is 28.3 Å². The maximum atomic E-state index is 12.6. The van der Waals surface area contributed by atoms with Crippen molar-refractivity contribution in [1.82, 2.24) is 9.88 Å². The van der Waals surface area contributed by atoms with Gasteiger partial charge in [-0.15, -0.1) is 11.3 Å². The summed E-state index contributed by atoms with van der Waals surface area (Å²) >= 11 is 1.33. The molecule has 0 aliphatic carbocycles. The molecule has 142 valence electrons. The minimum atomic E-state index is -0.568. The van der Waals surface area contributed by atoms with Gasteiger partial charge < -0.3 is 14.4 Å². The molecule has 1 atom stereocenters. The van der Waals surface area contributed by atoms with Crippen LogP contribution in [0.15, 0.2) is 47.0 Å². The van der Waals surface area contributed by atoms with E-state index in [4.69, 9.17) is 9.47 Å². The summed E-state index contributed by atoms with van der Waals surface area (Å²) in [6, 6.07) is 7.50. The molecule has 1 unspecified atom stereocenters. The van der Waals surface area contributed by atoms with Crippen molar-refractivity contribution in [3.63, 3.8) is 0 Å². The topological polar surface area (TPSA) is 80.8 Å². The van der Waals surface area contributed by atoms with Crippen molar-refractivity contribution in [1.29, 1.82) is 0 Å². The summed E-state index contributed by atoms with van der Waals surface area (Å²) in [6.45, 7) is 3.85. The molecule has 0 radical (unpaired) electrons. The van der Waals surface area contributed by atoms with E-state index in [1.54, 1.807) is 30.5 Å². The standard InChI is InChI=1S/C19H21N3O4S/c1-12-13(2)18(26-11-16(23)21-19-20-8-9-27-19)22(17(12)24)10-14-4-6-15(25-3)7-5-14/h4-9,18H,10-11H2,1-3H3,(H,20,21,23). The van der Waals surface area contributed by atoms with Gasteiger partial charge in [-0.2, -0.15) is 0 Å². The molecule has 0 bridgehead atoms. The number of amides is 2. The van der Waals surface area contributed by atoms with Crippen LogP contribution in [0.5, 0.6) is 5.75 Å². The van der Waals surface area contributed by atoms with Gasteiger partial charge in [-0.1, -0.05) is 12.1 Å². The van der Waals surface area contributed by atoms with E-state index in [9.17, 15) is 9.59 Å². The van der Waals surface area contributed by atoms with Crippen molar-refractivity contribution in [2.45, 2.75) is 26.6 Å². The maximum absolute atomic E-state index is 12.6. The number of hydrogen-bond acceptors (Lipinski definition) is 6. The lowest BCUT2D eigenvalue weighted by atomic mass is 10.2. The Balaban J connectivity index is 1.66. The number of rotatable bonds is 7. The number of carbonyl (C=O) groups excluding carboxylic acids is 2. The molecule has 0 spiro atoms. The number of nitrogens with zero attached hydrogens (tertiary/aromatic N) is 2. The fourth-order valence-corrected chi connectivity index (χ4v) is 3.35. The number of carbonyl (C=O) groups is 2. The van der Waals surface area contributed by atoms with E-state index in [-0.39, 0.29) is 18.4 Å². The van der Waals surface area contributed by atoms with E-state index >= 15 is 0 Å². The first-order valence-corrected chi connectivity index (χ1v) is 9.29. The van der Waals surface area contributed by atoms with E-state index in [0.29, 0.717) is 17.2 Å².